The number of carbonyl (C=O) groups is 3. The van der Waals surface area contributed by atoms with Crippen LogP contribution in [-0.2, 0) is 24.2 Å². The fourth-order valence-corrected chi connectivity index (χ4v) is 2.92. The van der Waals surface area contributed by atoms with Crippen LogP contribution in [0.1, 0.15) is 20.3 Å². The zero-order valence-corrected chi connectivity index (χ0v) is 15.3. The van der Waals surface area contributed by atoms with E-state index >= 15 is 0 Å². The van der Waals surface area contributed by atoms with Gasteiger partial charge in [-0.15, -0.1) is 0 Å². The minimum atomic E-state index is -3.78. The van der Waals surface area contributed by atoms with Gasteiger partial charge in [0.1, 0.15) is 5.82 Å². The summed E-state index contributed by atoms with van der Waals surface area (Å²) in [6, 6.07) is 3.48. The zero-order valence-electron chi connectivity index (χ0n) is 14.5. The minimum Gasteiger partial charge on any atom is -0.456 e. The van der Waals surface area contributed by atoms with E-state index in [0.29, 0.717) is 6.54 Å². The number of nitrogens with one attached hydrogen (secondary N) is 2. The van der Waals surface area contributed by atoms with E-state index in [9.17, 15) is 27.2 Å². The summed E-state index contributed by atoms with van der Waals surface area (Å²) in [5.74, 6) is -2.66. The molecule has 0 aromatic heterocycles. The Kier molecular flexibility index (Phi) is 8.17. The first-order valence-electron chi connectivity index (χ1n) is 7.82. The van der Waals surface area contributed by atoms with Gasteiger partial charge in [0.05, 0.1) is 17.1 Å². The molecule has 0 radical (unpaired) electrons. The minimum absolute atomic E-state index is 0.119. The largest absolute Gasteiger partial charge is 0.456 e. The summed E-state index contributed by atoms with van der Waals surface area (Å²) in [6.07, 6.45) is -0.480. The van der Waals surface area contributed by atoms with Crippen molar-refractivity contribution in [1.82, 2.24) is 10.6 Å². The van der Waals surface area contributed by atoms with Crippen molar-refractivity contribution in [3.8, 4) is 0 Å². The molecular formula is C16H21FN2O6S. The number of amides is 3. The van der Waals surface area contributed by atoms with Gasteiger partial charge in [-0.2, -0.15) is 0 Å². The van der Waals surface area contributed by atoms with Crippen LogP contribution in [0.5, 0.6) is 0 Å². The molecule has 26 heavy (non-hydrogen) atoms. The Morgan fingerprint density at radius 2 is 1.77 bits per heavy atom. The Hall–Kier alpha value is -2.49. The first kappa shape index (κ1) is 21.6. The summed E-state index contributed by atoms with van der Waals surface area (Å²) in [5.41, 5.74) is 0. The molecule has 0 aliphatic rings. The molecule has 0 saturated heterocycles. The molecule has 1 aromatic rings. The molecule has 0 fully saturated rings. The van der Waals surface area contributed by atoms with Gasteiger partial charge >= 0.3 is 12.0 Å². The highest BCUT2D eigenvalue weighted by Crippen LogP contribution is 2.13. The Morgan fingerprint density at radius 3 is 2.35 bits per heavy atom. The van der Waals surface area contributed by atoms with Crippen LogP contribution in [-0.4, -0.2) is 45.2 Å². The Morgan fingerprint density at radius 1 is 1.15 bits per heavy atom. The van der Waals surface area contributed by atoms with E-state index in [1.165, 1.54) is 0 Å². The van der Waals surface area contributed by atoms with Crippen LogP contribution in [0.15, 0.2) is 29.2 Å². The van der Waals surface area contributed by atoms with Crippen LogP contribution in [0.2, 0.25) is 0 Å². The van der Waals surface area contributed by atoms with Crippen LogP contribution in [0.25, 0.3) is 0 Å². The number of imide groups is 1. The number of hydrogen-bond acceptors (Lipinski definition) is 6. The molecule has 8 nitrogen and oxygen atoms in total. The lowest BCUT2D eigenvalue weighted by molar-refractivity contribution is -0.147. The van der Waals surface area contributed by atoms with Gasteiger partial charge in [-0.25, -0.2) is 17.6 Å². The zero-order chi connectivity index (χ0) is 19.7. The third-order valence-electron chi connectivity index (χ3n) is 3.04. The van der Waals surface area contributed by atoms with E-state index in [0.717, 1.165) is 24.3 Å². The van der Waals surface area contributed by atoms with Crippen LogP contribution >= 0.6 is 0 Å². The van der Waals surface area contributed by atoms with Gasteiger partial charge < -0.3 is 10.1 Å². The maximum atomic E-state index is 12.8. The van der Waals surface area contributed by atoms with Crippen LogP contribution < -0.4 is 10.6 Å². The third kappa shape index (κ3) is 8.06. The molecule has 0 saturated carbocycles. The second-order valence-electron chi connectivity index (χ2n) is 5.84. The topological polar surface area (TPSA) is 119 Å². The highest BCUT2D eigenvalue weighted by atomic mass is 32.2. The fourth-order valence-electron chi connectivity index (χ4n) is 1.70. The third-order valence-corrected chi connectivity index (χ3v) is 4.77. The molecule has 1 aromatic carbocycles. The number of benzene rings is 1. The van der Waals surface area contributed by atoms with Crippen molar-refractivity contribution in [3.05, 3.63) is 30.1 Å². The molecule has 0 aliphatic heterocycles. The number of rotatable bonds is 8. The van der Waals surface area contributed by atoms with Crippen molar-refractivity contribution < 1.29 is 31.9 Å². The van der Waals surface area contributed by atoms with Crippen LogP contribution in [0.4, 0.5) is 9.18 Å². The van der Waals surface area contributed by atoms with Crippen LogP contribution in [0.3, 0.4) is 0 Å². The first-order valence-corrected chi connectivity index (χ1v) is 9.47. The molecule has 144 valence electrons. The van der Waals surface area contributed by atoms with Crippen molar-refractivity contribution in [2.45, 2.75) is 25.2 Å². The van der Waals surface area contributed by atoms with Crippen molar-refractivity contribution in [2.75, 3.05) is 18.9 Å². The monoisotopic (exact) mass is 388 g/mol. The number of sulfone groups is 1. The Labute approximate surface area is 151 Å². The molecule has 0 unspecified atom stereocenters. The highest BCUT2D eigenvalue weighted by Gasteiger charge is 2.18. The number of ether oxygens (including phenoxy) is 1. The molecular weight excluding hydrogens is 367 g/mol. The van der Waals surface area contributed by atoms with E-state index in [1.807, 2.05) is 19.2 Å². The van der Waals surface area contributed by atoms with Crippen molar-refractivity contribution in [1.29, 1.82) is 0 Å². The number of hydrogen-bond donors (Lipinski definition) is 2. The normalized spacial score (nSPS) is 11.1. The Balaban J connectivity index is 2.37. The average molecular weight is 388 g/mol. The molecule has 1 rings (SSSR count). The summed E-state index contributed by atoms with van der Waals surface area (Å²) in [4.78, 5) is 34.2. The van der Waals surface area contributed by atoms with Gasteiger partial charge in [0.15, 0.2) is 16.4 Å². The second-order valence-corrected chi connectivity index (χ2v) is 7.94. The summed E-state index contributed by atoms with van der Waals surface area (Å²) >= 11 is 0. The molecule has 3 amide bonds. The predicted octanol–water partition coefficient (Wildman–Crippen LogP) is 1.01. The van der Waals surface area contributed by atoms with Gasteiger partial charge in [0, 0.05) is 6.54 Å². The van der Waals surface area contributed by atoms with Crippen molar-refractivity contribution in [3.63, 3.8) is 0 Å². The maximum absolute atomic E-state index is 12.8. The summed E-state index contributed by atoms with van der Waals surface area (Å²) in [7, 11) is -3.78. The van der Waals surface area contributed by atoms with Crippen molar-refractivity contribution >= 4 is 27.7 Å². The molecule has 0 bridgehead atoms. The summed E-state index contributed by atoms with van der Waals surface area (Å²) < 4.78 is 41.4. The lowest BCUT2D eigenvalue weighted by atomic mass is 10.2. The number of urea groups is 1. The SMILES string of the molecule is CC(C)CNC(=O)NC(=O)COC(=O)CCS(=O)(=O)c1ccc(F)cc1. The summed E-state index contributed by atoms with van der Waals surface area (Å²) in [6.45, 7) is 3.43. The molecule has 0 atom stereocenters. The smallest absolute Gasteiger partial charge is 0.321 e. The lowest BCUT2D eigenvalue weighted by Crippen LogP contribution is -2.42. The fraction of sp³-hybridized carbons (Fsp3) is 0.438. The summed E-state index contributed by atoms with van der Waals surface area (Å²) in [5, 5.41) is 4.42. The standard InChI is InChI=1S/C16H21FN2O6S/c1-11(2)9-18-16(22)19-14(20)10-25-15(21)7-8-26(23,24)13-5-3-12(17)4-6-13/h3-6,11H,7-10H2,1-2H3,(H2,18,19,20,22). The highest BCUT2D eigenvalue weighted by molar-refractivity contribution is 7.91. The van der Waals surface area contributed by atoms with E-state index in [4.69, 9.17) is 0 Å². The van der Waals surface area contributed by atoms with E-state index in [-0.39, 0.29) is 10.8 Å². The molecule has 10 heteroatoms. The number of esters is 1. The van der Waals surface area contributed by atoms with Gasteiger partial charge in [-0.3, -0.25) is 14.9 Å². The van der Waals surface area contributed by atoms with Gasteiger partial charge in [0.25, 0.3) is 5.91 Å². The Bertz CT molecular complexity index is 747. The molecule has 0 aliphatic carbocycles. The van der Waals surface area contributed by atoms with E-state index in [1.54, 1.807) is 0 Å². The molecule has 2 N–H and O–H groups in total. The van der Waals surface area contributed by atoms with E-state index in [2.05, 4.69) is 10.1 Å². The van der Waals surface area contributed by atoms with Gasteiger partial charge in [0.2, 0.25) is 0 Å². The first-order chi connectivity index (χ1) is 12.1. The quantitative estimate of drug-likeness (QED) is 0.507. The van der Waals surface area contributed by atoms with Crippen molar-refractivity contribution in [2.24, 2.45) is 5.92 Å². The maximum Gasteiger partial charge on any atom is 0.321 e. The van der Waals surface area contributed by atoms with Gasteiger partial charge in [-0.1, -0.05) is 13.8 Å². The molecule has 0 heterocycles. The second kappa shape index (κ2) is 9.85. The lowest BCUT2D eigenvalue weighted by Gasteiger charge is -2.09. The number of carbonyl (C=O) groups excluding carboxylic acids is 3. The van der Waals surface area contributed by atoms with Crippen LogP contribution in [0, 0.1) is 11.7 Å². The van der Waals surface area contributed by atoms with E-state index < -0.39 is 52.3 Å². The predicted molar refractivity (Wildman–Crippen MR) is 90.4 cm³/mol. The number of halogens is 1. The average Bonchev–Trinajstić information content (AvgIpc) is 2.57. The molecule has 0 spiro atoms. The van der Waals surface area contributed by atoms with Gasteiger partial charge in [-0.05, 0) is 30.2 Å².